The Labute approximate surface area is 120 Å². The third kappa shape index (κ3) is 3.88. The van der Waals surface area contributed by atoms with Gasteiger partial charge in [0.2, 0.25) is 5.91 Å². The number of carbonyl (C=O) groups excluding carboxylic acids is 1. The Hall–Kier alpha value is -2.70. The summed E-state index contributed by atoms with van der Waals surface area (Å²) in [6.07, 6.45) is 0.262. The molecule has 21 heavy (non-hydrogen) atoms. The number of hydrogen-bond donors (Lipinski definition) is 3. The van der Waals surface area contributed by atoms with Gasteiger partial charge in [0.25, 0.3) is 5.56 Å². The summed E-state index contributed by atoms with van der Waals surface area (Å²) in [5.74, 6) is -0.212. The minimum absolute atomic E-state index is 0.107. The molecule has 0 saturated carbocycles. The Kier molecular flexibility index (Phi) is 4.32. The van der Waals surface area contributed by atoms with Crippen molar-refractivity contribution in [2.75, 3.05) is 5.32 Å². The molecule has 0 radical (unpaired) electrons. The molecule has 0 aliphatic heterocycles. The molecule has 0 bridgehead atoms. The molecule has 0 fully saturated rings. The molecule has 2 aromatic rings. The first-order chi connectivity index (χ1) is 9.95. The summed E-state index contributed by atoms with van der Waals surface area (Å²) in [6.45, 7) is 3.85. The van der Waals surface area contributed by atoms with Crippen LogP contribution in [0, 0.1) is 13.8 Å². The summed E-state index contributed by atoms with van der Waals surface area (Å²) in [7, 11) is 0. The van der Waals surface area contributed by atoms with Crippen LogP contribution >= 0.6 is 0 Å². The molecule has 0 aliphatic rings. The number of amides is 1. The first kappa shape index (κ1) is 14.7. The van der Waals surface area contributed by atoms with Crippen LogP contribution < -0.4 is 16.6 Å². The van der Waals surface area contributed by atoms with Crippen molar-refractivity contribution in [3.63, 3.8) is 0 Å². The molecule has 1 amide bonds. The highest BCUT2D eigenvalue weighted by atomic mass is 16.2. The summed E-state index contributed by atoms with van der Waals surface area (Å²) in [5.41, 5.74) is 1.67. The summed E-state index contributed by atoms with van der Waals surface area (Å²) in [5, 5.41) is 8.57. The molecule has 0 atom stereocenters. The Morgan fingerprint density at radius 2 is 2.05 bits per heavy atom. The summed E-state index contributed by atoms with van der Waals surface area (Å²) >= 11 is 0. The third-order valence-electron chi connectivity index (χ3n) is 3.04. The summed E-state index contributed by atoms with van der Waals surface area (Å²) in [4.78, 5) is 36.3. The lowest BCUT2D eigenvalue weighted by Crippen LogP contribution is -2.28. The summed E-state index contributed by atoms with van der Waals surface area (Å²) in [6, 6.07) is 5.78. The highest BCUT2D eigenvalue weighted by Gasteiger charge is 2.08. The zero-order valence-corrected chi connectivity index (χ0v) is 11.8. The number of rotatable bonds is 4. The van der Waals surface area contributed by atoms with Crippen LogP contribution in [0.25, 0.3) is 0 Å². The number of aromatic nitrogens is 3. The molecule has 1 heterocycles. The van der Waals surface area contributed by atoms with E-state index in [-0.39, 0.29) is 24.4 Å². The standard InChI is InChI=1S/C14H16N4O3/c1-8-3-4-9(2)11(7-8)15-12(19)6-5-10-13(20)16-14(21)18-17-10/h3-4,7H,5-6H2,1-2H3,(H,15,19)(H2,16,18,20,21). The van der Waals surface area contributed by atoms with Crippen molar-refractivity contribution in [1.82, 2.24) is 15.2 Å². The van der Waals surface area contributed by atoms with E-state index in [1.165, 1.54) is 0 Å². The van der Waals surface area contributed by atoms with E-state index >= 15 is 0 Å². The van der Waals surface area contributed by atoms with Gasteiger partial charge in [0, 0.05) is 18.5 Å². The number of carbonyl (C=O) groups is 1. The van der Waals surface area contributed by atoms with Crippen LogP contribution in [0.3, 0.4) is 0 Å². The maximum Gasteiger partial charge on any atom is 0.342 e. The fourth-order valence-electron chi connectivity index (χ4n) is 1.86. The topological polar surface area (TPSA) is 108 Å². The average molecular weight is 288 g/mol. The maximum atomic E-state index is 11.9. The van der Waals surface area contributed by atoms with Gasteiger partial charge in [-0.2, -0.15) is 5.10 Å². The van der Waals surface area contributed by atoms with Gasteiger partial charge in [-0.05, 0) is 31.0 Å². The Bertz CT molecular complexity index is 776. The van der Waals surface area contributed by atoms with Gasteiger partial charge in [0.1, 0.15) is 5.69 Å². The van der Waals surface area contributed by atoms with Gasteiger partial charge in [0.05, 0.1) is 0 Å². The number of nitrogens with one attached hydrogen (secondary N) is 3. The van der Waals surface area contributed by atoms with Crippen molar-refractivity contribution in [2.45, 2.75) is 26.7 Å². The number of aromatic amines is 2. The second kappa shape index (κ2) is 6.17. The largest absolute Gasteiger partial charge is 0.342 e. The molecule has 0 unspecified atom stereocenters. The van der Waals surface area contributed by atoms with Crippen molar-refractivity contribution < 1.29 is 4.79 Å². The van der Waals surface area contributed by atoms with Crippen molar-refractivity contribution in [1.29, 1.82) is 0 Å². The second-order valence-corrected chi connectivity index (χ2v) is 4.82. The monoisotopic (exact) mass is 288 g/mol. The van der Waals surface area contributed by atoms with E-state index in [4.69, 9.17) is 0 Å². The van der Waals surface area contributed by atoms with E-state index in [0.29, 0.717) is 0 Å². The van der Waals surface area contributed by atoms with Gasteiger partial charge in [-0.15, -0.1) is 0 Å². The number of benzene rings is 1. The molecule has 7 nitrogen and oxygen atoms in total. The van der Waals surface area contributed by atoms with Crippen molar-refractivity contribution in [3.05, 3.63) is 55.9 Å². The Balaban J connectivity index is 2.00. The average Bonchev–Trinajstić information content (AvgIpc) is 2.42. The molecule has 0 aliphatic carbocycles. The van der Waals surface area contributed by atoms with Crippen LogP contribution in [0.2, 0.25) is 0 Å². The van der Waals surface area contributed by atoms with Gasteiger partial charge in [0.15, 0.2) is 0 Å². The van der Waals surface area contributed by atoms with E-state index in [1.807, 2.05) is 32.0 Å². The molecule has 110 valence electrons. The van der Waals surface area contributed by atoms with E-state index < -0.39 is 11.2 Å². The van der Waals surface area contributed by atoms with Gasteiger partial charge >= 0.3 is 5.69 Å². The minimum atomic E-state index is -0.663. The molecule has 3 N–H and O–H groups in total. The highest BCUT2D eigenvalue weighted by Crippen LogP contribution is 2.16. The fourth-order valence-corrected chi connectivity index (χ4v) is 1.86. The van der Waals surface area contributed by atoms with Crippen molar-refractivity contribution >= 4 is 11.6 Å². The second-order valence-electron chi connectivity index (χ2n) is 4.82. The summed E-state index contributed by atoms with van der Waals surface area (Å²) < 4.78 is 0. The van der Waals surface area contributed by atoms with E-state index in [2.05, 4.69) is 20.5 Å². The molecule has 1 aromatic carbocycles. The van der Waals surface area contributed by atoms with Crippen LogP contribution in [0.1, 0.15) is 23.2 Å². The lowest BCUT2D eigenvalue weighted by atomic mass is 10.1. The zero-order chi connectivity index (χ0) is 15.4. The molecule has 7 heteroatoms. The maximum absolute atomic E-state index is 11.9. The van der Waals surface area contributed by atoms with E-state index in [1.54, 1.807) is 0 Å². The van der Waals surface area contributed by atoms with E-state index in [9.17, 15) is 14.4 Å². The highest BCUT2D eigenvalue weighted by molar-refractivity contribution is 5.91. The number of hydrogen-bond acceptors (Lipinski definition) is 4. The number of anilines is 1. The lowest BCUT2D eigenvalue weighted by Gasteiger charge is -2.09. The number of nitrogens with zero attached hydrogens (tertiary/aromatic N) is 1. The van der Waals surface area contributed by atoms with Crippen LogP contribution in [0.15, 0.2) is 27.8 Å². The number of H-pyrrole nitrogens is 2. The smallest absolute Gasteiger partial charge is 0.326 e. The van der Waals surface area contributed by atoms with Crippen LogP contribution in [0.5, 0.6) is 0 Å². The molecule has 1 aromatic heterocycles. The molecule has 2 rings (SSSR count). The first-order valence-electron chi connectivity index (χ1n) is 6.50. The van der Waals surface area contributed by atoms with Crippen LogP contribution in [0.4, 0.5) is 5.69 Å². The van der Waals surface area contributed by atoms with Gasteiger partial charge in [-0.1, -0.05) is 12.1 Å². The Morgan fingerprint density at radius 1 is 1.29 bits per heavy atom. The van der Waals surface area contributed by atoms with Gasteiger partial charge < -0.3 is 5.32 Å². The van der Waals surface area contributed by atoms with Gasteiger partial charge in [-0.25, -0.2) is 9.89 Å². The predicted octanol–water partition coefficient (Wildman–Crippen LogP) is 0.646. The molecule has 0 saturated heterocycles. The van der Waals surface area contributed by atoms with Crippen molar-refractivity contribution in [2.24, 2.45) is 0 Å². The van der Waals surface area contributed by atoms with Gasteiger partial charge in [-0.3, -0.25) is 14.6 Å². The minimum Gasteiger partial charge on any atom is -0.326 e. The molecule has 0 spiro atoms. The molecular formula is C14H16N4O3. The Morgan fingerprint density at radius 3 is 2.76 bits per heavy atom. The third-order valence-corrected chi connectivity index (χ3v) is 3.04. The van der Waals surface area contributed by atoms with Crippen LogP contribution in [-0.4, -0.2) is 21.1 Å². The first-order valence-corrected chi connectivity index (χ1v) is 6.50. The zero-order valence-electron chi connectivity index (χ0n) is 11.8. The SMILES string of the molecule is Cc1ccc(C)c(NC(=O)CCc2n[nH]c(=O)[nH]c2=O)c1. The predicted molar refractivity (Wildman–Crippen MR) is 78.3 cm³/mol. The van der Waals surface area contributed by atoms with E-state index in [0.717, 1.165) is 16.8 Å². The lowest BCUT2D eigenvalue weighted by molar-refractivity contribution is -0.116. The van der Waals surface area contributed by atoms with Crippen LogP contribution in [-0.2, 0) is 11.2 Å². The number of aryl methyl sites for hydroxylation is 3. The van der Waals surface area contributed by atoms with Crippen molar-refractivity contribution in [3.8, 4) is 0 Å². The normalized spacial score (nSPS) is 10.4. The fraction of sp³-hybridized carbons (Fsp3) is 0.286. The quantitative estimate of drug-likeness (QED) is 0.767. The molecular weight excluding hydrogens is 272 g/mol.